The Balaban J connectivity index is 1.97. The van der Waals surface area contributed by atoms with Gasteiger partial charge in [-0.1, -0.05) is 42.5 Å². The molecule has 0 spiro atoms. The molecule has 0 aliphatic carbocycles. The fourth-order valence-electron chi connectivity index (χ4n) is 2.38. The molecule has 1 atom stereocenters. The van der Waals surface area contributed by atoms with E-state index in [0.717, 1.165) is 5.56 Å². The first-order chi connectivity index (χ1) is 11.9. The number of hydrogen-bond acceptors (Lipinski definition) is 5. The molecule has 0 bridgehead atoms. The lowest BCUT2D eigenvalue weighted by atomic mass is 10.1. The van der Waals surface area contributed by atoms with Crippen molar-refractivity contribution in [3.63, 3.8) is 0 Å². The molecule has 0 heterocycles. The Hall–Kier alpha value is -3.22. The second kappa shape index (κ2) is 8.05. The minimum absolute atomic E-state index is 0.172. The van der Waals surface area contributed by atoms with Crippen molar-refractivity contribution in [1.82, 2.24) is 5.32 Å². The van der Waals surface area contributed by atoms with Crippen molar-refractivity contribution in [3.05, 3.63) is 75.3 Å². The van der Waals surface area contributed by atoms with E-state index in [1.807, 2.05) is 30.3 Å². The molecule has 7 heteroatoms. The van der Waals surface area contributed by atoms with Gasteiger partial charge in [0.15, 0.2) is 6.61 Å². The molecule has 2 rings (SSSR count). The third-order valence-corrected chi connectivity index (χ3v) is 3.65. The van der Waals surface area contributed by atoms with E-state index in [1.165, 1.54) is 25.1 Å². The van der Waals surface area contributed by atoms with E-state index in [9.17, 15) is 19.7 Å². The standard InChI is InChI=1S/C18H18N2O5/c1-12-7-6-10-15(17(12)20(23)24)18(22)25-11-16(21)19-13(2)14-8-4-3-5-9-14/h3-10,13H,11H2,1-2H3,(H,19,21)/t13-/m0/s1. The van der Waals surface area contributed by atoms with Crippen LogP contribution >= 0.6 is 0 Å². The number of amides is 1. The van der Waals surface area contributed by atoms with E-state index in [4.69, 9.17) is 4.74 Å². The van der Waals surface area contributed by atoms with Crippen LogP contribution in [0.5, 0.6) is 0 Å². The normalized spacial score (nSPS) is 11.4. The van der Waals surface area contributed by atoms with Crippen molar-refractivity contribution in [1.29, 1.82) is 0 Å². The summed E-state index contributed by atoms with van der Waals surface area (Å²) in [6.07, 6.45) is 0. The van der Waals surface area contributed by atoms with E-state index in [-0.39, 0.29) is 17.3 Å². The zero-order valence-electron chi connectivity index (χ0n) is 13.9. The molecule has 7 nitrogen and oxygen atoms in total. The van der Waals surface area contributed by atoms with E-state index in [0.29, 0.717) is 5.56 Å². The van der Waals surface area contributed by atoms with Gasteiger partial charge in [0, 0.05) is 5.56 Å². The summed E-state index contributed by atoms with van der Waals surface area (Å²) in [5.74, 6) is -1.39. The third-order valence-electron chi connectivity index (χ3n) is 3.65. The number of aryl methyl sites for hydroxylation is 1. The fraction of sp³-hybridized carbons (Fsp3) is 0.222. The number of carbonyl (C=O) groups excluding carboxylic acids is 2. The van der Waals surface area contributed by atoms with Gasteiger partial charge in [0.05, 0.1) is 11.0 Å². The smallest absolute Gasteiger partial charge is 0.345 e. The average Bonchev–Trinajstić information content (AvgIpc) is 2.59. The van der Waals surface area contributed by atoms with Crippen LogP contribution in [0.3, 0.4) is 0 Å². The van der Waals surface area contributed by atoms with E-state index < -0.39 is 23.4 Å². The lowest BCUT2D eigenvalue weighted by Crippen LogP contribution is -2.31. The molecule has 0 saturated carbocycles. The molecular weight excluding hydrogens is 324 g/mol. The highest BCUT2D eigenvalue weighted by molar-refractivity contribution is 5.95. The van der Waals surface area contributed by atoms with Crippen LogP contribution in [0.15, 0.2) is 48.5 Å². The van der Waals surface area contributed by atoms with Gasteiger partial charge in [0.25, 0.3) is 11.6 Å². The van der Waals surface area contributed by atoms with Gasteiger partial charge >= 0.3 is 5.97 Å². The van der Waals surface area contributed by atoms with Gasteiger partial charge < -0.3 is 10.1 Å². The molecule has 130 valence electrons. The first-order valence-corrected chi connectivity index (χ1v) is 7.65. The van der Waals surface area contributed by atoms with Gasteiger partial charge in [0.1, 0.15) is 5.56 Å². The predicted octanol–water partition coefficient (Wildman–Crippen LogP) is 2.94. The van der Waals surface area contributed by atoms with Crippen LogP contribution in [0, 0.1) is 17.0 Å². The number of nitrogens with zero attached hydrogens (tertiary/aromatic N) is 1. The number of nitro benzene ring substituents is 1. The van der Waals surface area contributed by atoms with Gasteiger partial charge in [-0.25, -0.2) is 4.79 Å². The number of para-hydroxylation sites is 1. The van der Waals surface area contributed by atoms with Crippen LogP contribution in [0.1, 0.15) is 34.5 Å². The van der Waals surface area contributed by atoms with Gasteiger partial charge in [-0.05, 0) is 25.5 Å². The van der Waals surface area contributed by atoms with Crippen LogP contribution in [-0.4, -0.2) is 23.4 Å². The zero-order valence-corrected chi connectivity index (χ0v) is 13.9. The van der Waals surface area contributed by atoms with Crippen molar-refractivity contribution in [2.24, 2.45) is 0 Å². The lowest BCUT2D eigenvalue weighted by Gasteiger charge is -2.14. The summed E-state index contributed by atoms with van der Waals surface area (Å²) in [5.41, 5.74) is 0.776. The molecule has 0 aromatic heterocycles. The van der Waals surface area contributed by atoms with Crippen molar-refractivity contribution < 1.29 is 19.2 Å². The van der Waals surface area contributed by atoms with Gasteiger partial charge in [-0.2, -0.15) is 0 Å². The number of nitro groups is 1. The second-order valence-electron chi connectivity index (χ2n) is 5.50. The highest BCUT2D eigenvalue weighted by Gasteiger charge is 2.24. The molecule has 0 radical (unpaired) electrons. The number of ether oxygens (including phenoxy) is 1. The summed E-state index contributed by atoms with van der Waals surface area (Å²) < 4.78 is 4.92. The van der Waals surface area contributed by atoms with Crippen molar-refractivity contribution in [2.75, 3.05) is 6.61 Å². The Morgan fingerprint density at radius 3 is 2.48 bits per heavy atom. The summed E-state index contributed by atoms with van der Waals surface area (Å²) in [6, 6.07) is 13.4. The number of rotatable bonds is 6. The first-order valence-electron chi connectivity index (χ1n) is 7.65. The third kappa shape index (κ3) is 4.63. The summed E-state index contributed by atoms with van der Waals surface area (Å²) in [5, 5.41) is 13.8. The largest absolute Gasteiger partial charge is 0.452 e. The van der Waals surface area contributed by atoms with Crippen LogP contribution in [0.25, 0.3) is 0 Å². The highest BCUT2D eigenvalue weighted by Crippen LogP contribution is 2.23. The van der Waals surface area contributed by atoms with E-state index >= 15 is 0 Å². The topological polar surface area (TPSA) is 98.5 Å². The predicted molar refractivity (Wildman–Crippen MR) is 91.1 cm³/mol. The molecule has 0 aliphatic rings. The SMILES string of the molecule is Cc1cccc(C(=O)OCC(=O)N[C@@H](C)c2ccccc2)c1[N+](=O)[O-]. The molecular formula is C18H18N2O5. The van der Waals surface area contributed by atoms with E-state index in [2.05, 4.69) is 5.32 Å². The number of hydrogen-bond donors (Lipinski definition) is 1. The van der Waals surface area contributed by atoms with Crippen molar-refractivity contribution in [2.45, 2.75) is 19.9 Å². The second-order valence-corrected chi connectivity index (χ2v) is 5.50. The number of benzene rings is 2. The number of esters is 1. The number of nitrogens with one attached hydrogen (secondary N) is 1. The summed E-state index contributed by atoms with van der Waals surface area (Å²) in [7, 11) is 0. The first kappa shape index (κ1) is 18.1. The minimum atomic E-state index is -0.905. The molecule has 2 aromatic carbocycles. The Labute approximate surface area is 144 Å². The molecule has 1 amide bonds. The maximum Gasteiger partial charge on any atom is 0.345 e. The number of carbonyl (C=O) groups is 2. The Morgan fingerprint density at radius 2 is 1.84 bits per heavy atom. The van der Waals surface area contributed by atoms with Crippen LogP contribution in [-0.2, 0) is 9.53 Å². The molecule has 1 N–H and O–H groups in total. The lowest BCUT2D eigenvalue weighted by molar-refractivity contribution is -0.385. The summed E-state index contributed by atoms with van der Waals surface area (Å²) in [6.45, 7) is 2.82. The molecule has 2 aromatic rings. The Kier molecular flexibility index (Phi) is 5.84. The maximum absolute atomic E-state index is 12.1. The molecule has 0 saturated heterocycles. The highest BCUT2D eigenvalue weighted by atomic mass is 16.6. The van der Waals surface area contributed by atoms with Gasteiger partial charge in [-0.15, -0.1) is 0 Å². The molecule has 25 heavy (non-hydrogen) atoms. The zero-order chi connectivity index (χ0) is 18.4. The average molecular weight is 342 g/mol. The van der Waals surface area contributed by atoms with Crippen LogP contribution < -0.4 is 5.32 Å². The van der Waals surface area contributed by atoms with Gasteiger partial charge in [0.2, 0.25) is 0 Å². The molecule has 0 unspecified atom stereocenters. The molecule has 0 fully saturated rings. The fourth-order valence-corrected chi connectivity index (χ4v) is 2.38. The minimum Gasteiger partial charge on any atom is -0.452 e. The summed E-state index contributed by atoms with van der Waals surface area (Å²) in [4.78, 5) is 34.5. The monoisotopic (exact) mass is 342 g/mol. The Bertz CT molecular complexity index is 789. The van der Waals surface area contributed by atoms with E-state index in [1.54, 1.807) is 6.92 Å². The summed E-state index contributed by atoms with van der Waals surface area (Å²) >= 11 is 0. The van der Waals surface area contributed by atoms with Crippen molar-refractivity contribution >= 4 is 17.6 Å². The van der Waals surface area contributed by atoms with Crippen LogP contribution in [0.4, 0.5) is 5.69 Å². The van der Waals surface area contributed by atoms with Crippen molar-refractivity contribution in [3.8, 4) is 0 Å². The molecule has 0 aliphatic heterocycles. The maximum atomic E-state index is 12.1. The Morgan fingerprint density at radius 1 is 1.16 bits per heavy atom. The quantitative estimate of drug-likeness (QED) is 0.494. The van der Waals surface area contributed by atoms with Crippen LogP contribution in [0.2, 0.25) is 0 Å². The van der Waals surface area contributed by atoms with Gasteiger partial charge in [-0.3, -0.25) is 14.9 Å².